The topological polar surface area (TPSA) is 121 Å². The summed E-state index contributed by atoms with van der Waals surface area (Å²) in [6.45, 7) is 0. The second-order valence-electron chi connectivity index (χ2n) is 4.28. The molecule has 0 radical (unpaired) electrons. The van der Waals surface area contributed by atoms with E-state index in [1.807, 2.05) is 0 Å². The summed E-state index contributed by atoms with van der Waals surface area (Å²) in [4.78, 5) is 11.0. The fourth-order valence-corrected chi connectivity index (χ4v) is 2.45. The van der Waals surface area contributed by atoms with E-state index >= 15 is 0 Å². The number of nitrogens with two attached hydrogens (primary N) is 2. The maximum absolute atomic E-state index is 11.6. The molecular weight excluding hydrogens is 198 g/mol. The summed E-state index contributed by atoms with van der Waals surface area (Å²) in [6, 6.07) is -0.0830. The van der Waals surface area contributed by atoms with E-state index in [1.165, 1.54) is 0 Å². The van der Waals surface area contributed by atoms with Gasteiger partial charge in [-0.1, -0.05) is 0 Å². The number of carbonyl (C=O) groups excluding carboxylic acids is 1. The van der Waals surface area contributed by atoms with Gasteiger partial charge in [0.05, 0.1) is 6.04 Å². The molecule has 1 saturated heterocycles. The molecule has 86 valence electrons. The highest BCUT2D eigenvalue weighted by molar-refractivity contribution is 5.76. The number of amides is 1. The van der Waals surface area contributed by atoms with Gasteiger partial charge in [-0.2, -0.15) is 0 Å². The second-order valence-corrected chi connectivity index (χ2v) is 4.28. The van der Waals surface area contributed by atoms with Crippen LogP contribution in [0.3, 0.4) is 0 Å². The molecule has 1 saturated carbocycles. The summed E-state index contributed by atoms with van der Waals surface area (Å²) in [5.74, 6) is -0.482. The molecule has 0 aromatic heterocycles. The number of fused-ring (bicyclic) bond motifs is 1. The van der Waals surface area contributed by atoms with E-state index in [2.05, 4.69) is 10.7 Å². The van der Waals surface area contributed by atoms with Crippen molar-refractivity contribution in [2.24, 2.45) is 17.4 Å². The Bertz CT molecular complexity index is 261. The van der Waals surface area contributed by atoms with Gasteiger partial charge in [-0.25, -0.2) is 0 Å². The van der Waals surface area contributed by atoms with Gasteiger partial charge in [0, 0.05) is 12.3 Å². The standard InChI is InChI=1S/C8H17N5O2/c9-7(14)4-1-2-5-6(3-4)13(15)12-8(10)11-5/h4-6,8,11-13H,1-3,10H2,(H2,9,14). The van der Waals surface area contributed by atoms with Gasteiger partial charge < -0.3 is 10.9 Å². The van der Waals surface area contributed by atoms with E-state index in [0.717, 1.165) is 12.8 Å². The Balaban J connectivity index is 2.03. The minimum absolute atomic E-state index is 0.0720. The van der Waals surface area contributed by atoms with Crippen LogP contribution < -0.4 is 27.4 Å². The minimum Gasteiger partial charge on any atom is -0.613 e. The van der Waals surface area contributed by atoms with Crippen LogP contribution in [0.2, 0.25) is 0 Å². The first-order valence-corrected chi connectivity index (χ1v) is 5.19. The molecule has 0 aromatic rings. The average Bonchev–Trinajstić information content (AvgIpc) is 2.16. The molecule has 5 unspecified atom stereocenters. The molecule has 1 amide bonds. The SMILES string of the molecule is NC(=O)C1CCC2NC(N)N[NH+]([O-])C2C1. The lowest BCUT2D eigenvalue weighted by Crippen LogP contribution is -3.23. The molecular formula is C8H17N5O2. The van der Waals surface area contributed by atoms with Gasteiger partial charge in [-0.15, -0.1) is 5.43 Å². The first-order valence-electron chi connectivity index (χ1n) is 5.19. The number of quaternary nitrogens is 1. The largest absolute Gasteiger partial charge is 0.613 e. The van der Waals surface area contributed by atoms with Gasteiger partial charge in [-0.05, 0) is 12.8 Å². The zero-order valence-corrected chi connectivity index (χ0v) is 8.40. The number of carbonyl (C=O) groups is 1. The third-order valence-corrected chi connectivity index (χ3v) is 3.28. The molecule has 7 nitrogen and oxygen atoms in total. The Hall–Kier alpha value is -0.730. The fourth-order valence-electron chi connectivity index (χ4n) is 2.45. The number of primary amides is 1. The molecule has 2 fully saturated rings. The number of nitrogens with one attached hydrogen (secondary N) is 3. The van der Waals surface area contributed by atoms with Crippen LogP contribution in [0, 0.1) is 11.1 Å². The van der Waals surface area contributed by atoms with E-state index < -0.39 is 6.29 Å². The van der Waals surface area contributed by atoms with E-state index in [4.69, 9.17) is 11.5 Å². The van der Waals surface area contributed by atoms with Crippen LogP contribution in [-0.2, 0) is 4.79 Å². The third kappa shape index (κ3) is 2.11. The predicted octanol–water partition coefficient (Wildman–Crippen LogP) is -3.26. The maximum Gasteiger partial charge on any atom is 0.220 e. The van der Waals surface area contributed by atoms with Crippen LogP contribution in [0.4, 0.5) is 0 Å². The molecule has 5 atom stereocenters. The van der Waals surface area contributed by atoms with Crippen LogP contribution in [0.25, 0.3) is 0 Å². The van der Waals surface area contributed by atoms with Crippen LogP contribution in [0.1, 0.15) is 19.3 Å². The van der Waals surface area contributed by atoms with Crippen LogP contribution in [-0.4, -0.2) is 24.3 Å². The molecule has 7 heteroatoms. The van der Waals surface area contributed by atoms with Crippen LogP contribution in [0.15, 0.2) is 0 Å². The van der Waals surface area contributed by atoms with Gasteiger partial charge in [0.15, 0.2) is 6.29 Å². The highest BCUT2D eigenvalue weighted by Gasteiger charge is 2.40. The highest BCUT2D eigenvalue weighted by Crippen LogP contribution is 2.23. The van der Waals surface area contributed by atoms with Gasteiger partial charge in [0.25, 0.3) is 0 Å². The van der Waals surface area contributed by atoms with Crippen molar-refractivity contribution < 1.29 is 9.97 Å². The molecule has 2 aliphatic rings. The minimum atomic E-state index is -0.469. The van der Waals surface area contributed by atoms with Crippen molar-refractivity contribution in [1.82, 2.24) is 10.7 Å². The molecule has 1 aliphatic carbocycles. The first-order chi connectivity index (χ1) is 7.08. The Morgan fingerprint density at radius 3 is 2.87 bits per heavy atom. The van der Waals surface area contributed by atoms with Crippen molar-refractivity contribution in [2.45, 2.75) is 37.6 Å². The lowest BCUT2D eigenvalue weighted by atomic mass is 9.81. The van der Waals surface area contributed by atoms with Crippen molar-refractivity contribution >= 4 is 5.91 Å². The van der Waals surface area contributed by atoms with Gasteiger partial charge in [-0.3, -0.25) is 21.0 Å². The predicted molar refractivity (Wildman–Crippen MR) is 52.7 cm³/mol. The molecule has 0 aromatic carbocycles. The average molecular weight is 215 g/mol. The molecule has 2 rings (SSSR count). The summed E-state index contributed by atoms with van der Waals surface area (Å²) in [5.41, 5.74) is 13.5. The molecule has 0 spiro atoms. The number of hydrogen-bond donors (Lipinski definition) is 5. The number of hydrogen-bond acceptors (Lipinski definition) is 5. The van der Waals surface area contributed by atoms with Gasteiger partial charge in [0.2, 0.25) is 5.91 Å². The smallest absolute Gasteiger partial charge is 0.220 e. The van der Waals surface area contributed by atoms with Gasteiger partial charge in [0.1, 0.15) is 6.04 Å². The summed E-state index contributed by atoms with van der Waals surface area (Å²) in [6.07, 6.45) is 1.58. The van der Waals surface area contributed by atoms with E-state index in [1.54, 1.807) is 0 Å². The Labute approximate surface area is 87.7 Å². The van der Waals surface area contributed by atoms with Crippen molar-refractivity contribution in [3.8, 4) is 0 Å². The van der Waals surface area contributed by atoms with Gasteiger partial charge >= 0.3 is 0 Å². The summed E-state index contributed by atoms with van der Waals surface area (Å²) >= 11 is 0. The Kier molecular flexibility index (Phi) is 2.89. The fraction of sp³-hybridized carbons (Fsp3) is 0.875. The van der Waals surface area contributed by atoms with Crippen LogP contribution in [0.5, 0.6) is 0 Å². The molecule has 1 heterocycles. The van der Waals surface area contributed by atoms with E-state index in [9.17, 15) is 10.0 Å². The zero-order valence-electron chi connectivity index (χ0n) is 8.40. The van der Waals surface area contributed by atoms with Crippen molar-refractivity contribution in [3.63, 3.8) is 0 Å². The second kappa shape index (κ2) is 4.03. The quantitative estimate of drug-likeness (QED) is 0.294. The van der Waals surface area contributed by atoms with Crippen molar-refractivity contribution in [3.05, 3.63) is 5.21 Å². The van der Waals surface area contributed by atoms with E-state index in [-0.39, 0.29) is 29.1 Å². The summed E-state index contributed by atoms with van der Waals surface area (Å²) in [7, 11) is 0. The first kappa shape index (κ1) is 10.8. The zero-order chi connectivity index (χ0) is 11.0. The molecule has 0 bridgehead atoms. The lowest BCUT2D eigenvalue weighted by molar-refractivity contribution is -0.934. The maximum atomic E-state index is 11.6. The third-order valence-electron chi connectivity index (χ3n) is 3.28. The molecule has 7 N–H and O–H groups in total. The van der Waals surface area contributed by atoms with Crippen LogP contribution >= 0.6 is 0 Å². The Morgan fingerprint density at radius 1 is 1.47 bits per heavy atom. The van der Waals surface area contributed by atoms with Crippen molar-refractivity contribution in [1.29, 1.82) is 0 Å². The normalized spacial score (nSPS) is 45.9. The lowest BCUT2D eigenvalue weighted by Gasteiger charge is -2.46. The molecule has 15 heavy (non-hydrogen) atoms. The summed E-state index contributed by atoms with van der Waals surface area (Å²) in [5, 5.41) is 14.7. The Morgan fingerprint density at radius 2 is 2.20 bits per heavy atom. The summed E-state index contributed by atoms with van der Waals surface area (Å²) < 4.78 is 0. The van der Waals surface area contributed by atoms with E-state index in [0.29, 0.717) is 6.42 Å². The highest BCUT2D eigenvalue weighted by atomic mass is 16.5. The number of rotatable bonds is 1. The van der Waals surface area contributed by atoms with Crippen molar-refractivity contribution in [2.75, 3.05) is 0 Å². The monoisotopic (exact) mass is 215 g/mol. The molecule has 1 aliphatic heterocycles. The number of hydroxylamine groups is 1.